The smallest absolute Gasteiger partial charge is 0.228 e. The fourth-order valence-corrected chi connectivity index (χ4v) is 1.58. The second-order valence-corrected chi connectivity index (χ2v) is 4.42. The zero-order chi connectivity index (χ0) is 12.7. The number of nitrogens with zero attached hydrogens (tertiary/aromatic N) is 2. The Balaban J connectivity index is 2.46. The highest BCUT2D eigenvalue weighted by Gasteiger charge is 2.16. The van der Waals surface area contributed by atoms with E-state index in [4.69, 9.17) is 9.26 Å². The third kappa shape index (κ3) is 4.83. The molecule has 1 atom stereocenters. The van der Waals surface area contributed by atoms with Gasteiger partial charge in [-0.15, -0.1) is 0 Å². The molecule has 1 aromatic rings. The molecule has 0 fully saturated rings. The van der Waals surface area contributed by atoms with Crippen LogP contribution < -0.4 is 5.32 Å². The summed E-state index contributed by atoms with van der Waals surface area (Å²) in [6.45, 7) is 7.19. The normalized spacial score (nSPS) is 13.2. The lowest BCUT2D eigenvalue weighted by Crippen LogP contribution is -2.25. The minimum Gasteiger partial charge on any atom is -0.373 e. The molecule has 0 saturated carbocycles. The topological polar surface area (TPSA) is 60.2 Å². The van der Waals surface area contributed by atoms with E-state index in [1.54, 1.807) is 7.11 Å². The predicted molar refractivity (Wildman–Crippen MR) is 65.8 cm³/mol. The molecule has 1 unspecified atom stereocenters. The molecule has 0 spiro atoms. The lowest BCUT2D eigenvalue weighted by molar-refractivity contribution is 0.0854. The van der Waals surface area contributed by atoms with Gasteiger partial charge in [-0.1, -0.05) is 32.3 Å². The standard InChI is InChI=1S/C12H23N3O2/c1-5-6-10(16-4)12-14-11(17-15-12)7-8-13-9(2)3/h9-10,13H,5-8H2,1-4H3. The molecule has 0 bridgehead atoms. The van der Waals surface area contributed by atoms with Crippen molar-refractivity contribution in [3.63, 3.8) is 0 Å². The van der Waals surface area contributed by atoms with Crippen LogP contribution >= 0.6 is 0 Å². The third-order valence-electron chi connectivity index (χ3n) is 2.50. The van der Waals surface area contributed by atoms with Crippen molar-refractivity contribution in [2.45, 2.75) is 52.2 Å². The van der Waals surface area contributed by atoms with Gasteiger partial charge in [0.1, 0.15) is 6.10 Å². The maximum absolute atomic E-state index is 5.33. The molecular weight excluding hydrogens is 218 g/mol. The fourth-order valence-electron chi connectivity index (χ4n) is 1.58. The first-order valence-electron chi connectivity index (χ1n) is 6.26. The van der Waals surface area contributed by atoms with Crippen LogP contribution in [0.2, 0.25) is 0 Å². The van der Waals surface area contributed by atoms with Crippen LogP contribution in [0.25, 0.3) is 0 Å². The molecule has 1 rings (SSSR count). The summed E-state index contributed by atoms with van der Waals surface area (Å²) < 4.78 is 10.5. The quantitative estimate of drug-likeness (QED) is 0.755. The largest absolute Gasteiger partial charge is 0.373 e. The van der Waals surface area contributed by atoms with E-state index in [9.17, 15) is 0 Å². The second-order valence-electron chi connectivity index (χ2n) is 4.42. The summed E-state index contributed by atoms with van der Waals surface area (Å²) in [6.07, 6.45) is 2.67. The Hall–Kier alpha value is -0.940. The number of rotatable bonds is 8. The van der Waals surface area contributed by atoms with E-state index in [1.807, 2.05) is 0 Å². The number of hydrogen-bond acceptors (Lipinski definition) is 5. The predicted octanol–water partition coefficient (Wildman–Crippen LogP) is 2.10. The molecule has 0 amide bonds. The number of hydrogen-bond donors (Lipinski definition) is 1. The van der Waals surface area contributed by atoms with Gasteiger partial charge in [0.2, 0.25) is 11.7 Å². The van der Waals surface area contributed by atoms with Gasteiger partial charge >= 0.3 is 0 Å². The third-order valence-corrected chi connectivity index (χ3v) is 2.50. The lowest BCUT2D eigenvalue weighted by Gasteiger charge is -2.08. The SMILES string of the molecule is CCCC(OC)c1noc(CCNC(C)C)n1. The van der Waals surface area contributed by atoms with E-state index in [0.717, 1.165) is 25.8 Å². The Bertz CT molecular complexity index is 312. The summed E-state index contributed by atoms with van der Waals surface area (Å²) in [5, 5.41) is 7.28. The van der Waals surface area contributed by atoms with Crippen molar-refractivity contribution in [3.8, 4) is 0 Å². The van der Waals surface area contributed by atoms with Crippen LogP contribution in [0, 0.1) is 0 Å². The number of methoxy groups -OCH3 is 1. The van der Waals surface area contributed by atoms with Crippen molar-refractivity contribution in [1.29, 1.82) is 0 Å². The van der Waals surface area contributed by atoms with Gasteiger partial charge in [-0.3, -0.25) is 0 Å². The number of nitrogens with one attached hydrogen (secondary N) is 1. The summed E-state index contributed by atoms with van der Waals surface area (Å²) in [5.41, 5.74) is 0. The maximum atomic E-state index is 5.33. The average Bonchev–Trinajstić information content (AvgIpc) is 2.74. The van der Waals surface area contributed by atoms with Crippen LogP contribution in [-0.4, -0.2) is 29.8 Å². The summed E-state index contributed by atoms with van der Waals surface area (Å²) in [5.74, 6) is 1.33. The lowest BCUT2D eigenvalue weighted by atomic mass is 10.2. The molecule has 0 aliphatic heterocycles. The highest BCUT2D eigenvalue weighted by Crippen LogP contribution is 2.18. The maximum Gasteiger partial charge on any atom is 0.228 e. The van der Waals surface area contributed by atoms with E-state index in [-0.39, 0.29) is 6.10 Å². The molecule has 0 saturated heterocycles. The Labute approximate surface area is 103 Å². The van der Waals surface area contributed by atoms with Crippen LogP contribution in [0.4, 0.5) is 0 Å². The van der Waals surface area contributed by atoms with Crippen molar-refractivity contribution < 1.29 is 9.26 Å². The van der Waals surface area contributed by atoms with Gasteiger partial charge < -0.3 is 14.6 Å². The van der Waals surface area contributed by atoms with Gasteiger partial charge in [0, 0.05) is 26.1 Å². The van der Waals surface area contributed by atoms with Crippen LogP contribution in [0.3, 0.4) is 0 Å². The molecule has 1 N–H and O–H groups in total. The van der Waals surface area contributed by atoms with Crippen LogP contribution in [-0.2, 0) is 11.2 Å². The van der Waals surface area contributed by atoms with Crippen molar-refractivity contribution in [1.82, 2.24) is 15.5 Å². The van der Waals surface area contributed by atoms with Crippen LogP contribution in [0.5, 0.6) is 0 Å². The molecule has 0 aliphatic rings. The van der Waals surface area contributed by atoms with E-state index in [2.05, 4.69) is 36.2 Å². The number of ether oxygens (including phenoxy) is 1. The first kappa shape index (κ1) is 14.1. The van der Waals surface area contributed by atoms with E-state index in [0.29, 0.717) is 17.8 Å². The van der Waals surface area contributed by atoms with Gasteiger partial charge in [-0.2, -0.15) is 4.98 Å². The zero-order valence-corrected chi connectivity index (χ0v) is 11.2. The minimum atomic E-state index is -0.0458. The molecular formula is C12H23N3O2. The fraction of sp³-hybridized carbons (Fsp3) is 0.833. The van der Waals surface area contributed by atoms with Gasteiger partial charge in [0.25, 0.3) is 0 Å². The average molecular weight is 241 g/mol. The molecule has 0 aromatic carbocycles. The molecule has 1 heterocycles. The molecule has 5 heteroatoms. The first-order chi connectivity index (χ1) is 8.17. The van der Waals surface area contributed by atoms with E-state index >= 15 is 0 Å². The van der Waals surface area contributed by atoms with Crippen molar-refractivity contribution >= 4 is 0 Å². The Morgan fingerprint density at radius 2 is 2.18 bits per heavy atom. The van der Waals surface area contributed by atoms with Crippen molar-refractivity contribution in [2.24, 2.45) is 0 Å². The van der Waals surface area contributed by atoms with Crippen molar-refractivity contribution in [2.75, 3.05) is 13.7 Å². The summed E-state index contributed by atoms with van der Waals surface area (Å²) in [4.78, 5) is 4.35. The summed E-state index contributed by atoms with van der Waals surface area (Å²) in [7, 11) is 1.68. The van der Waals surface area contributed by atoms with Gasteiger partial charge in [-0.25, -0.2) is 0 Å². The molecule has 98 valence electrons. The molecule has 17 heavy (non-hydrogen) atoms. The summed E-state index contributed by atoms with van der Waals surface area (Å²) >= 11 is 0. The van der Waals surface area contributed by atoms with Crippen LogP contribution in [0.1, 0.15) is 51.4 Å². The Morgan fingerprint density at radius 1 is 1.41 bits per heavy atom. The zero-order valence-electron chi connectivity index (χ0n) is 11.2. The highest BCUT2D eigenvalue weighted by atomic mass is 16.5. The van der Waals surface area contributed by atoms with Gasteiger partial charge in [0.15, 0.2) is 0 Å². The van der Waals surface area contributed by atoms with Gasteiger partial charge in [0.05, 0.1) is 0 Å². The highest BCUT2D eigenvalue weighted by molar-refractivity contribution is 4.91. The molecule has 0 radical (unpaired) electrons. The Morgan fingerprint density at radius 3 is 2.76 bits per heavy atom. The minimum absolute atomic E-state index is 0.0458. The van der Waals surface area contributed by atoms with E-state index < -0.39 is 0 Å². The first-order valence-corrected chi connectivity index (χ1v) is 6.26. The molecule has 1 aromatic heterocycles. The second kappa shape index (κ2) is 7.40. The summed E-state index contributed by atoms with van der Waals surface area (Å²) in [6, 6.07) is 0.476. The van der Waals surface area contributed by atoms with Gasteiger partial charge in [-0.05, 0) is 6.42 Å². The Kier molecular flexibility index (Phi) is 6.15. The monoisotopic (exact) mass is 241 g/mol. The molecule has 5 nitrogen and oxygen atoms in total. The molecule has 0 aliphatic carbocycles. The van der Waals surface area contributed by atoms with Crippen LogP contribution in [0.15, 0.2) is 4.52 Å². The van der Waals surface area contributed by atoms with E-state index in [1.165, 1.54) is 0 Å². The number of aromatic nitrogens is 2. The van der Waals surface area contributed by atoms with Crippen molar-refractivity contribution in [3.05, 3.63) is 11.7 Å².